The van der Waals surface area contributed by atoms with Crippen LogP contribution in [0.4, 0.5) is 0 Å². The number of halogens is 1. The first-order valence-corrected chi connectivity index (χ1v) is 7.52. The van der Waals surface area contributed by atoms with Crippen molar-refractivity contribution in [2.75, 3.05) is 0 Å². The second kappa shape index (κ2) is 4.90. The molecule has 1 aliphatic rings. The van der Waals surface area contributed by atoms with E-state index in [-0.39, 0.29) is 25.5 Å². The number of rotatable bonds is 2. The average Bonchev–Trinajstić information content (AvgIpc) is 2.76. The van der Waals surface area contributed by atoms with E-state index in [2.05, 4.69) is 4.99 Å². The zero-order valence-electron chi connectivity index (χ0n) is 9.84. The van der Waals surface area contributed by atoms with Gasteiger partial charge in [-0.15, -0.1) is 0 Å². The number of hydrogen-bond donors (Lipinski definition) is 0. The summed E-state index contributed by atoms with van der Waals surface area (Å²) in [4.78, 5) is 27.4. The van der Waals surface area contributed by atoms with Crippen LogP contribution in [0, 0.1) is 10.1 Å². The molecule has 9 heteroatoms. The van der Waals surface area contributed by atoms with Gasteiger partial charge >= 0.3 is 123 Å². The average molecular weight is 358 g/mol. The zero-order chi connectivity index (χ0) is 14.3. The minimum atomic E-state index is -1.04. The van der Waals surface area contributed by atoms with Crippen molar-refractivity contribution in [3.63, 3.8) is 0 Å². The molecule has 3 rings (SSSR count). The number of nitrogens with zero attached hydrogens (tertiary/aromatic N) is 4. The predicted molar refractivity (Wildman–Crippen MR) is 75.4 cm³/mol. The van der Waals surface area contributed by atoms with Crippen LogP contribution in [0.5, 0.6) is 0 Å². The molecule has 20 heavy (non-hydrogen) atoms. The van der Waals surface area contributed by atoms with Crippen LogP contribution in [0.25, 0.3) is 9.65 Å². The molecule has 102 valence electrons. The van der Waals surface area contributed by atoms with E-state index in [0.29, 0.717) is 5.39 Å². The summed E-state index contributed by atoms with van der Waals surface area (Å²) in [5.74, 6) is 0. The monoisotopic (exact) mass is 358 g/mol. The van der Waals surface area contributed by atoms with E-state index in [1.54, 1.807) is 12.1 Å². The van der Waals surface area contributed by atoms with Gasteiger partial charge in [0.1, 0.15) is 0 Å². The Morgan fingerprint density at radius 1 is 1.40 bits per heavy atom. The Labute approximate surface area is 123 Å². The fourth-order valence-corrected chi connectivity index (χ4v) is 4.16. The van der Waals surface area contributed by atoms with Gasteiger partial charge in [-0.05, 0) is 0 Å². The maximum atomic E-state index is 12.3. The Morgan fingerprint density at radius 2 is 2.15 bits per heavy atom. The van der Waals surface area contributed by atoms with Gasteiger partial charge in [0.2, 0.25) is 0 Å². The molecule has 0 N–H and O–H groups in total. The van der Waals surface area contributed by atoms with Crippen LogP contribution in [-0.2, 0) is 0 Å². The molecular formula is C11H7ClN4O3Se. The van der Waals surface area contributed by atoms with Gasteiger partial charge in [-0.2, -0.15) is 0 Å². The van der Waals surface area contributed by atoms with Gasteiger partial charge in [0.15, 0.2) is 0 Å². The molecule has 0 bridgehead atoms. The molecule has 2 heterocycles. The van der Waals surface area contributed by atoms with Crippen LogP contribution in [0.2, 0.25) is 0 Å². The third-order valence-corrected chi connectivity index (χ3v) is 5.29. The van der Waals surface area contributed by atoms with Crippen LogP contribution in [0.15, 0.2) is 46.3 Å². The summed E-state index contributed by atoms with van der Waals surface area (Å²) in [7, 11) is 0. The van der Waals surface area contributed by atoms with Crippen molar-refractivity contribution in [1.82, 2.24) is 8.57 Å². The molecule has 0 aliphatic carbocycles. The van der Waals surface area contributed by atoms with E-state index in [4.69, 9.17) is 11.6 Å². The van der Waals surface area contributed by atoms with Gasteiger partial charge in [-0.25, -0.2) is 0 Å². The van der Waals surface area contributed by atoms with Gasteiger partial charge < -0.3 is 0 Å². The van der Waals surface area contributed by atoms with Crippen molar-refractivity contribution < 1.29 is 5.03 Å². The third kappa shape index (κ3) is 2.07. The van der Waals surface area contributed by atoms with E-state index >= 15 is 0 Å². The number of hydrogen-bond acceptors (Lipinski definition) is 4. The first-order valence-electron chi connectivity index (χ1n) is 5.52. The molecule has 7 nitrogen and oxygen atoms in total. The van der Waals surface area contributed by atoms with E-state index < -0.39 is 11.3 Å². The number of aromatic nitrogens is 1. The summed E-state index contributed by atoms with van der Waals surface area (Å²) >= 11 is 5.44. The Kier molecular flexibility index (Phi) is 3.21. The van der Waals surface area contributed by atoms with Crippen molar-refractivity contribution in [3.8, 4) is 0 Å². The Morgan fingerprint density at radius 3 is 2.85 bits per heavy atom. The Hall–Kier alpha value is -1.89. The van der Waals surface area contributed by atoms with E-state index in [9.17, 15) is 14.9 Å². The van der Waals surface area contributed by atoms with Gasteiger partial charge in [-0.3, -0.25) is 0 Å². The molecule has 1 unspecified atom stereocenters. The van der Waals surface area contributed by atoms with E-state index in [1.807, 2.05) is 12.1 Å². The van der Waals surface area contributed by atoms with Gasteiger partial charge in [0.25, 0.3) is 0 Å². The normalized spacial score (nSPS) is 18.4. The number of aliphatic imine (C=N–C) groups is 1. The number of fused-ring (bicyclic) bond motifs is 1. The fourth-order valence-electron chi connectivity index (χ4n) is 1.87. The molecule has 2 aromatic rings. The van der Waals surface area contributed by atoms with Gasteiger partial charge in [0.05, 0.1) is 0 Å². The predicted octanol–water partition coefficient (Wildman–Crippen LogP) is 1.17. The molecule has 0 radical (unpaired) electrons. The van der Waals surface area contributed by atoms with Crippen LogP contribution in [0.1, 0.15) is 6.29 Å². The van der Waals surface area contributed by atoms with Crippen LogP contribution < -0.4 is 5.56 Å². The summed E-state index contributed by atoms with van der Waals surface area (Å²) < 4.78 is 2.26. The molecule has 1 aliphatic heterocycles. The SMILES string of the molecule is O=c1c2ccccc2[se]n1C1N=C(Cl)C=CN1[N+](=O)[O-]. The molecule has 0 saturated heterocycles. The third-order valence-electron chi connectivity index (χ3n) is 2.75. The number of hydrazine groups is 1. The Bertz CT molecular complexity index is 809. The number of benzene rings is 1. The number of nitro groups is 1. The summed E-state index contributed by atoms with van der Waals surface area (Å²) in [5, 5.41) is 11.9. The van der Waals surface area contributed by atoms with E-state index in [1.165, 1.54) is 15.8 Å². The van der Waals surface area contributed by atoms with Gasteiger partial charge in [0, 0.05) is 0 Å². The summed E-state index contributed by atoms with van der Waals surface area (Å²) in [6, 6.07) is 7.14. The Balaban J connectivity index is 2.18. The molecule has 1 aromatic heterocycles. The van der Waals surface area contributed by atoms with Crippen LogP contribution in [-0.4, -0.2) is 33.5 Å². The van der Waals surface area contributed by atoms with Crippen molar-refractivity contribution in [2.45, 2.75) is 6.29 Å². The first kappa shape index (κ1) is 13.1. The maximum absolute atomic E-state index is 12.3. The molecule has 0 saturated carbocycles. The number of allylic oxidation sites excluding steroid dienone is 1. The molecule has 0 amide bonds. The van der Waals surface area contributed by atoms with Crippen molar-refractivity contribution in [2.24, 2.45) is 4.99 Å². The fraction of sp³-hybridized carbons (Fsp3) is 0.0909. The van der Waals surface area contributed by atoms with E-state index in [0.717, 1.165) is 9.27 Å². The molecule has 1 atom stereocenters. The van der Waals surface area contributed by atoms with Crippen molar-refractivity contribution in [1.29, 1.82) is 0 Å². The summed E-state index contributed by atoms with van der Waals surface area (Å²) in [6.45, 7) is 0. The van der Waals surface area contributed by atoms with Crippen molar-refractivity contribution >= 4 is 41.2 Å². The minimum absolute atomic E-state index is 0.132. The summed E-state index contributed by atoms with van der Waals surface area (Å²) in [5.41, 5.74) is -0.263. The second-order valence-corrected chi connectivity index (χ2v) is 6.47. The van der Waals surface area contributed by atoms with Crippen LogP contribution in [0.3, 0.4) is 0 Å². The molecular weight excluding hydrogens is 351 g/mol. The van der Waals surface area contributed by atoms with Gasteiger partial charge in [-0.1, -0.05) is 0 Å². The molecule has 0 fully saturated rings. The topological polar surface area (TPSA) is 80.7 Å². The quantitative estimate of drug-likeness (QED) is 0.459. The first-order chi connectivity index (χ1) is 9.58. The standard InChI is InChI=1S/C11H7ClN4O3Se/c12-9-5-6-14(16(18)19)11(13-9)15-10(17)7-3-1-2-4-8(7)20-15/h1-6,11H. The molecule has 1 aromatic carbocycles. The summed E-state index contributed by atoms with van der Waals surface area (Å²) in [6.07, 6.45) is 1.50. The van der Waals surface area contributed by atoms with Crippen molar-refractivity contribution in [3.05, 3.63) is 57.0 Å². The second-order valence-electron chi connectivity index (χ2n) is 3.95. The van der Waals surface area contributed by atoms with Crippen LogP contribution >= 0.6 is 11.6 Å². The molecule has 0 spiro atoms. The zero-order valence-corrected chi connectivity index (χ0v) is 12.3.